The van der Waals surface area contributed by atoms with Gasteiger partial charge < -0.3 is 10.2 Å². The van der Waals surface area contributed by atoms with Gasteiger partial charge >= 0.3 is 0 Å². The van der Waals surface area contributed by atoms with Crippen LogP contribution in [-0.2, 0) is 14.8 Å². The monoisotopic (exact) mass is 453 g/mol. The van der Waals surface area contributed by atoms with Crippen molar-refractivity contribution in [2.24, 2.45) is 0 Å². The number of thioether (sulfide) groups is 1. The SMILES string of the molecule is CC(Sc1ccc(Cl)cc1)C(=O)Nc1cccc(S(=O)(=O)N2CCN(C)CC2)c1. The number of nitrogens with one attached hydrogen (secondary N) is 1. The zero-order chi connectivity index (χ0) is 21.0. The average molecular weight is 454 g/mol. The Bertz CT molecular complexity index is 959. The van der Waals surface area contributed by atoms with E-state index in [4.69, 9.17) is 11.6 Å². The number of likely N-dealkylation sites (N-methyl/N-ethyl adjacent to an activating group) is 1. The van der Waals surface area contributed by atoms with Crippen molar-refractivity contribution >= 4 is 45.0 Å². The van der Waals surface area contributed by atoms with Gasteiger partial charge in [0, 0.05) is 41.8 Å². The van der Waals surface area contributed by atoms with Gasteiger partial charge in [-0.15, -0.1) is 11.8 Å². The van der Waals surface area contributed by atoms with Gasteiger partial charge in [0.25, 0.3) is 0 Å². The molecule has 1 N–H and O–H groups in total. The van der Waals surface area contributed by atoms with Crippen LogP contribution < -0.4 is 5.32 Å². The molecule has 2 aromatic carbocycles. The van der Waals surface area contributed by atoms with Gasteiger partial charge in [-0.3, -0.25) is 4.79 Å². The third-order valence-electron chi connectivity index (χ3n) is 4.70. The third-order valence-corrected chi connectivity index (χ3v) is 7.96. The highest BCUT2D eigenvalue weighted by Crippen LogP contribution is 2.26. The smallest absolute Gasteiger partial charge is 0.243 e. The van der Waals surface area contributed by atoms with Gasteiger partial charge in [-0.05, 0) is 56.4 Å². The summed E-state index contributed by atoms with van der Waals surface area (Å²) >= 11 is 7.30. The molecule has 0 aliphatic carbocycles. The lowest BCUT2D eigenvalue weighted by molar-refractivity contribution is -0.115. The van der Waals surface area contributed by atoms with Gasteiger partial charge in [0.1, 0.15) is 0 Å². The molecule has 1 saturated heterocycles. The molecule has 1 fully saturated rings. The molecule has 1 aliphatic heterocycles. The van der Waals surface area contributed by atoms with Gasteiger partial charge in [0.2, 0.25) is 15.9 Å². The number of carbonyl (C=O) groups excluding carboxylic acids is 1. The highest BCUT2D eigenvalue weighted by atomic mass is 35.5. The second-order valence-electron chi connectivity index (χ2n) is 6.94. The molecule has 2 aromatic rings. The van der Waals surface area contributed by atoms with E-state index in [0.717, 1.165) is 4.90 Å². The molecule has 0 spiro atoms. The van der Waals surface area contributed by atoms with Crippen LogP contribution in [0.1, 0.15) is 6.92 Å². The molecule has 0 bridgehead atoms. The van der Waals surface area contributed by atoms with E-state index in [1.165, 1.54) is 22.1 Å². The molecule has 0 saturated carbocycles. The van der Waals surface area contributed by atoms with Gasteiger partial charge in [0.15, 0.2) is 0 Å². The molecule has 1 amide bonds. The molecule has 0 aromatic heterocycles. The first-order chi connectivity index (χ1) is 13.8. The van der Waals surface area contributed by atoms with Gasteiger partial charge in [-0.1, -0.05) is 17.7 Å². The zero-order valence-corrected chi connectivity index (χ0v) is 18.7. The number of nitrogens with zero attached hydrogens (tertiary/aromatic N) is 2. The van der Waals surface area contributed by atoms with Crippen molar-refractivity contribution in [2.45, 2.75) is 22.0 Å². The average Bonchev–Trinajstić information content (AvgIpc) is 2.70. The van der Waals surface area contributed by atoms with Crippen LogP contribution in [0.3, 0.4) is 0 Å². The number of anilines is 1. The Morgan fingerprint density at radius 3 is 2.41 bits per heavy atom. The van der Waals surface area contributed by atoms with Crippen molar-refractivity contribution in [3.63, 3.8) is 0 Å². The quantitative estimate of drug-likeness (QED) is 0.679. The highest BCUT2D eigenvalue weighted by molar-refractivity contribution is 8.00. The van der Waals surface area contributed by atoms with Crippen LogP contribution in [0, 0.1) is 0 Å². The largest absolute Gasteiger partial charge is 0.325 e. The lowest BCUT2D eigenvalue weighted by Gasteiger charge is -2.31. The van der Waals surface area contributed by atoms with E-state index >= 15 is 0 Å². The number of hydrogen-bond acceptors (Lipinski definition) is 5. The minimum absolute atomic E-state index is 0.192. The van der Waals surface area contributed by atoms with Crippen LogP contribution in [0.25, 0.3) is 0 Å². The van der Waals surface area contributed by atoms with E-state index in [1.54, 1.807) is 37.3 Å². The van der Waals surface area contributed by atoms with Crippen LogP contribution in [0.4, 0.5) is 5.69 Å². The van der Waals surface area contributed by atoms with Crippen molar-refractivity contribution in [2.75, 3.05) is 38.5 Å². The number of benzene rings is 2. The maximum atomic E-state index is 12.9. The van der Waals surface area contributed by atoms with Gasteiger partial charge in [0.05, 0.1) is 10.1 Å². The summed E-state index contributed by atoms with van der Waals surface area (Å²) in [4.78, 5) is 15.8. The summed E-state index contributed by atoms with van der Waals surface area (Å²) in [6.07, 6.45) is 0. The summed E-state index contributed by atoms with van der Waals surface area (Å²) in [5, 5.41) is 3.11. The molecule has 1 heterocycles. The molecule has 0 radical (unpaired) electrons. The number of halogens is 1. The lowest BCUT2D eigenvalue weighted by atomic mass is 10.3. The fourth-order valence-electron chi connectivity index (χ4n) is 2.93. The maximum absolute atomic E-state index is 12.9. The molecule has 6 nitrogen and oxygen atoms in total. The number of sulfonamides is 1. The topological polar surface area (TPSA) is 69.7 Å². The Balaban J connectivity index is 1.67. The maximum Gasteiger partial charge on any atom is 0.243 e. The van der Waals surface area contributed by atoms with Crippen molar-refractivity contribution in [1.82, 2.24) is 9.21 Å². The Kier molecular flexibility index (Phi) is 7.23. The van der Waals surface area contributed by atoms with Crippen molar-refractivity contribution < 1.29 is 13.2 Å². The molecule has 9 heteroatoms. The molecular weight excluding hydrogens is 430 g/mol. The lowest BCUT2D eigenvalue weighted by Crippen LogP contribution is -2.47. The predicted octanol–water partition coefficient (Wildman–Crippen LogP) is 3.40. The molecule has 3 rings (SSSR count). The summed E-state index contributed by atoms with van der Waals surface area (Å²) in [6, 6.07) is 13.7. The van der Waals surface area contributed by atoms with E-state index in [-0.39, 0.29) is 16.1 Å². The van der Waals surface area contributed by atoms with Crippen molar-refractivity contribution in [1.29, 1.82) is 0 Å². The van der Waals surface area contributed by atoms with Gasteiger partial charge in [-0.25, -0.2) is 8.42 Å². The normalized spacial score (nSPS) is 17.1. The second kappa shape index (κ2) is 9.49. The summed E-state index contributed by atoms with van der Waals surface area (Å²) in [5.41, 5.74) is 0.466. The van der Waals surface area contributed by atoms with Crippen LogP contribution in [0.5, 0.6) is 0 Å². The van der Waals surface area contributed by atoms with Crippen LogP contribution in [-0.4, -0.2) is 62.0 Å². The highest BCUT2D eigenvalue weighted by Gasteiger charge is 2.27. The van der Waals surface area contributed by atoms with Crippen LogP contribution >= 0.6 is 23.4 Å². The number of carbonyl (C=O) groups is 1. The van der Waals surface area contributed by atoms with Crippen LogP contribution in [0.15, 0.2) is 58.3 Å². The summed E-state index contributed by atoms with van der Waals surface area (Å²) in [6.45, 7) is 4.14. The molecule has 1 aliphatic rings. The Morgan fingerprint density at radius 1 is 1.10 bits per heavy atom. The number of piperazine rings is 1. The van der Waals surface area contributed by atoms with Crippen molar-refractivity contribution in [3.05, 3.63) is 53.6 Å². The third kappa shape index (κ3) is 5.73. The molecule has 1 unspecified atom stereocenters. The molecule has 1 atom stereocenters. The van der Waals surface area contributed by atoms with E-state index in [2.05, 4.69) is 10.2 Å². The second-order valence-corrected chi connectivity index (χ2v) is 10.7. The Hall–Kier alpha value is -1.58. The number of rotatable bonds is 6. The first-order valence-corrected chi connectivity index (χ1v) is 12.0. The minimum Gasteiger partial charge on any atom is -0.325 e. The molecule has 156 valence electrons. The minimum atomic E-state index is -3.58. The van der Waals surface area contributed by atoms with Crippen LogP contribution in [0.2, 0.25) is 5.02 Å². The Morgan fingerprint density at radius 2 is 1.76 bits per heavy atom. The van der Waals surface area contributed by atoms with E-state index in [0.29, 0.717) is 36.9 Å². The summed E-state index contributed by atoms with van der Waals surface area (Å²) < 4.78 is 27.3. The fourth-order valence-corrected chi connectivity index (χ4v) is 5.39. The van der Waals surface area contributed by atoms with E-state index in [1.807, 2.05) is 19.2 Å². The molecule has 29 heavy (non-hydrogen) atoms. The standard InChI is InChI=1S/C20H24ClN3O3S2/c1-15(28-18-8-6-16(21)7-9-18)20(25)22-17-4-3-5-19(14-17)29(26,27)24-12-10-23(2)11-13-24/h3-9,14-15H,10-13H2,1-2H3,(H,22,25). The Labute approximate surface area is 181 Å². The molecular formula is C20H24ClN3O3S2. The van der Waals surface area contributed by atoms with E-state index in [9.17, 15) is 13.2 Å². The summed E-state index contributed by atoms with van der Waals surface area (Å²) in [5.74, 6) is -0.195. The first-order valence-electron chi connectivity index (χ1n) is 9.27. The zero-order valence-electron chi connectivity index (χ0n) is 16.3. The van der Waals surface area contributed by atoms with E-state index < -0.39 is 10.0 Å². The first kappa shape index (κ1) is 22.1. The van der Waals surface area contributed by atoms with Gasteiger partial charge in [-0.2, -0.15) is 4.31 Å². The number of amides is 1. The predicted molar refractivity (Wildman–Crippen MR) is 118 cm³/mol. The fraction of sp³-hybridized carbons (Fsp3) is 0.350. The number of hydrogen-bond donors (Lipinski definition) is 1. The summed E-state index contributed by atoms with van der Waals surface area (Å²) in [7, 11) is -1.60. The van der Waals surface area contributed by atoms with Crippen molar-refractivity contribution in [3.8, 4) is 0 Å².